The second-order valence-electron chi connectivity index (χ2n) is 5.73. The van der Waals surface area contributed by atoms with E-state index in [1.807, 2.05) is 0 Å². The summed E-state index contributed by atoms with van der Waals surface area (Å²) in [4.78, 5) is 0.333. The first kappa shape index (κ1) is 14.9. The van der Waals surface area contributed by atoms with E-state index in [0.29, 0.717) is 4.83 Å². The van der Waals surface area contributed by atoms with E-state index in [1.165, 1.54) is 37.8 Å². The average Bonchev–Trinajstić information content (AvgIpc) is 2.77. The Hall–Kier alpha value is -0.510. The second-order valence-corrected chi connectivity index (χ2v) is 6.83. The van der Waals surface area contributed by atoms with Gasteiger partial charge in [-0.05, 0) is 42.4 Å². The molecule has 1 saturated carbocycles. The molecule has 0 nitrogen and oxygen atoms in total. The van der Waals surface area contributed by atoms with E-state index in [2.05, 4.69) is 22.9 Å². The van der Waals surface area contributed by atoms with Gasteiger partial charge in [0, 0.05) is 4.83 Å². The van der Waals surface area contributed by atoms with Crippen molar-refractivity contribution >= 4 is 15.9 Å². The van der Waals surface area contributed by atoms with Gasteiger partial charge in [-0.25, -0.2) is 0 Å². The lowest BCUT2D eigenvalue weighted by Crippen LogP contribution is -2.26. The highest BCUT2D eigenvalue weighted by atomic mass is 79.9. The lowest BCUT2D eigenvalue weighted by atomic mass is 9.82. The third kappa shape index (κ3) is 3.53. The van der Waals surface area contributed by atoms with Crippen molar-refractivity contribution < 1.29 is 13.2 Å². The summed E-state index contributed by atoms with van der Waals surface area (Å²) in [5, 5.41) is 0. The first-order chi connectivity index (χ1) is 8.81. The van der Waals surface area contributed by atoms with Crippen LogP contribution in [0.3, 0.4) is 0 Å². The maximum absolute atomic E-state index is 12.5. The molecule has 0 bridgehead atoms. The molecular weight excluding hydrogens is 317 g/mol. The zero-order valence-electron chi connectivity index (χ0n) is 10.9. The van der Waals surface area contributed by atoms with E-state index in [1.54, 1.807) is 12.1 Å². The molecule has 0 saturated heterocycles. The van der Waals surface area contributed by atoms with Crippen molar-refractivity contribution in [1.82, 2.24) is 0 Å². The van der Waals surface area contributed by atoms with Crippen LogP contribution in [-0.2, 0) is 12.6 Å². The van der Waals surface area contributed by atoms with Crippen molar-refractivity contribution in [2.24, 2.45) is 5.41 Å². The van der Waals surface area contributed by atoms with Gasteiger partial charge in [-0.2, -0.15) is 13.2 Å². The van der Waals surface area contributed by atoms with Gasteiger partial charge in [-0.15, -0.1) is 0 Å². The van der Waals surface area contributed by atoms with Crippen molar-refractivity contribution in [3.63, 3.8) is 0 Å². The molecule has 19 heavy (non-hydrogen) atoms. The van der Waals surface area contributed by atoms with Crippen molar-refractivity contribution in [3.05, 3.63) is 35.4 Å². The number of rotatable bonds is 3. The quantitative estimate of drug-likeness (QED) is 0.632. The fraction of sp³-hybridized carbons (Fsp3) is 0.600. The van der Waals surface area contributed by atoms with Crippen molar-refractivity contribution in [2.45, 2.75) is 50.0 Å². The Morgan fingerprint density at radius 3 is 2.16 bits per heavy atom. The summed E-state index contributed by atoms with van der Waals surface area (Å²) < 4.78 is 37.4. The predicted octanol–water partition coefficient (Wildman–Crippen LogP) is 5.59. The molecule has 1 aromatic carbocycles. The lowest BCUT2D eigenvalue weighted by Gasteiger charge is -2.30. The molecule has 0 aliphatic heterocycles. The number of benzene rings is 1. The average molecular weight is 335 g/mol. The van der Waals surface area contributed by atoms with Gasteiger partial charge in [-0.1, -0.05) is 47.8 Å². The number of hydrogen-bond acceptors (Lipinski definition) is 0. The van der Waals surface area contributed by atoms with Gasteiger partial charge in [0.2, 0.25) is 0 Å². The van der Waals surface area contributed by atoms with Crippen molar-refractivity contribution in [1.29, 1.82) is 0 Å². The summed E-state index contributed by atoms with van der Waals surface area (Å²) in [6, 6.07) is 5.53. The molecule has 2 rings (SSSR count). The highest BCUT2D eigenvalue weighted by Crippen LogP contribution is 2.44. The van der Waals surface area contributed by atoms with Gasteiger partial charge in [0.15, 0.2) is 0 Å². The van der Waals surface area contributed by atoms with Crippen LogP contribution >= 0.6 is 15.9 Å². The van der Waals surface area contributed by atoms with E-state index in [9.17, 15) is 13.2 Å². The predicted molar refractivity (Wildman–Crippen MR) is 74.4 cm³/mol. The molecular formula is C15H18BrF3. The van der Waals surface area contributed by atoms with Crippen LogP contribution in [0.4, 0.5) is 13.2 Å². The standard InChI is InChI=1S/C15H18BrF3/c1-14(8-2-3-9-14)13(16)10-11-4-6-12(7-5-11)15(17,18)19/h4-7,13H,2-3,8-10H2,1H3. The Morgan fingerprint density at radius 2 is 1.68 bits per heavy atom. The molecule has 1 aliphatic rings. The first-order valence-electron chi connectivity index (χ1n) is 6.61. The van der Waals surface area contributed by atoms with E-state index in [4.69, 9.17) is 0 Å². The van der Waals surface area contributed by atoms with Crippen molar-refractivity contribution in [3.8, 4) is 0 Å². The fourth-order valence-corrected chi connectivity index (χ4v) is 3.61. The molecule has 0 radical (unpaired) electrons. The summed E-state index contributed by atoms with van der Waals surface area (Å²) >= 11 is 3.73. The molecule has 1 aliphatic carbocycles. The summed E-state index contributed by atoms with van der Waals surface area (Å²) in [5.74, 6) is 0. The highest BCUT2D eigenvalue weighted by Gasteiger charge is 2.35. The number of halogens is 4. The minimum atomic E-state index is -4.25. The zero-order valence-corrected chi connectivity index (χ0v) is 12.5. The first-order valence-corrected chi connectivity index (χ1v) is 7.53. The van der Waals surface area contributed by atoms with E-state index < -0.39 is 11.7 Å². The fourth-order valence-electron chi connectivity index (χ4n) is 2.78. The Kier molecular flexibility index (Phi) is 4.29. The second kappa shape index (κ2) is 5.47. The molecule has 1 unspecified atom stereocenters. The van der Waals surface area contributed by atoms with Crippen LogP contribution in [0.5, 0.6) is 0 Å². The number of alkyl halides is 4. The van der Waals surface area contributed by atoms with Gasteiger partial charge in [0.25, 0.3) is 0 Å². The van der Waals surface area contributed by atoms with E-state index in [-0.39, 0.29) is 5.41 Å². The molecule has 106 valence electrons. The monoisotopic (exact) mass is 334 g/mol. The maximum Gasteiger partial charge on any atom is 0.416 e. The summed E-state index contributed by atoms with van der Waals surface area (Å²) in [6.07, 6.45) is 1.45. The molecule has 0 spiro atoms. The van der Waals surface area contributed by atoms with Gasteiger partial charge >= 0.3 is 6.18 Å². The van der Waals surface area contributed by atoms with Gasteiger partial charge in [0.05, 0.1) is 5.56 Å². The van der Waals surface area contributed by atoms with Gasteiger partial charge < -0.3 is 0 Å². The van der Waals surface area contributed by atoms with Crippen molar-refractivity contribution in [2.75, 3.05) is 0 Å². The molecule has 1 atom stereocenters. The Labute approximate surface area is 120 Å². The third-order valence-electron chi connectivity index (χ3n) is 4.20. The molecule has 1 fully saturated rings. The number of hydrogen-bond donors (Lipinski definition) is 0. The Bertz CT molecular complexity index is 416. The van der Waals surface area contributed by atoms with Crippen LogP contribution in [0.1, 0.15) is 43.7 Å². The van der Waals surface area contributed by atoms with Crippen LogP contribution in [0, 0.1) is 5.41 Å². The maximum atomic E-state index is 12.5. The SMILES string of the molecule is CC1(C(Br)Cc2ccc(C(F)(F)F)cc2)CCCC1. The molecule has 4 heteroatoms. The summed E-state index contributed by atoms with van der Waals surface area (Å²) in [7, 11) is 0. The molecule has 0 aromatic heterocycles. The van der Waals surface area contributed by atoms with Crippen LogP contribution in [0.15, 0.2) is 24.3 Å². The minimum absolute atomic E-state index is 0.280. The molecule has 0 amide bonds. The van der Waals surface area contributed by atoms with E-state index in [0.717, 1.165) is 12.0 Å². The topological polar surface area (TPSA) is 0 Å². The van der Waals surface area contributed by atoms with Crippen LogP contribution in [0.25, 0.3) is 0 Å². The Morgan fingerprint density at radius 1 is 1.16 bits per heavy atom. The van der Waals surface area contributed by atoms with Crippen LogP contribution in [-0.4, -0.2) is 4.83 Å². The lowest BCUT2D eigenvalue weighted by molar-refractivity contribution is -0.137. The normalized spacial score (nSPS) is 20.5. The zero-order chi connectivity index (χ0) is 14.1. The summed E-state index contributed by atoms with van der Waals surface area (Å²) in [6.45, 7) is 2.27. The largest absolute Gasteiger partial charge is 0.416 e. The van der Waals surface area contributed by atoms with E-state index >= 15 is 0 Å². The molecule has 0 N–H and O–H groups in total. The summed E-state index contributed by atoms with van der Waals surface area (Å²) in [5.41, 5.74) is 0.667. The molecule has 1 aromatic rings. The highest BCUT2D eigenvalue weighted by molar-refractivity contribution is 9.09. The van der Waals surface area contributed by atoms with Gasteiger partial charge in [-0.3, -0.25) is 0 Å². The van der Waals surface area contributed by atoms with Crippen LogP contribution in [0.2, 0.25) is 0 Å². The molecule has 0 heterocycles. The van der Waals surface area contributed by atoms with Crippen LogP contribution < -0.4 is 0 Å². The van der Waals surface area contributed by atoms with Gasteiger partial charge in [0.1, 0.15) is 0 Å². The minimum Gasteiger partial charge on any atom is -0.166 e. The Balaban J connectivity index is 2.03. The smallest absolute Gasteiger partial charge is 0.166 e. The third-order valence-corrected chi connectivity index (χ3v) is 5.63.